The Kier molecular flexibility index (Phi) is 6.10. The number of hydrogen-bond acceptors (Lipinski definition) is 7. The maximum Gasteiger partial charge on any atom is 0.416 e. The number of ether oxygens (including phenoxy) is 2. The molecule has 11 heteroatoms. The number of aryl methyl sites for hydroxylation is 1. The fourth-order valence-electron chi connectivity index (χ4n) is 2.68. The molecule has 29 heavy (non-hydrogen) atoms. The smallest absolute Gasteiger partial charge is 0.416 e. The highest BCUT2D eigenvalue weighted by molar-refractivity contribution is 6.05. The van der Waals surface area contributed by atoms with E-state index < -0.39 is 40.0 Å². The second-order valence-electron chi connectivity index (χ2n) is 5.73. The molecule has 0 aromatic heterocycles. The van der Waals surface area contributed by atoms with E-state index in [-0.39, 0.29) is 16.8 Å². The van der Waals surface area contributed by atoms with Crippen LogP contribution in [0.5, 0.6) is 0 Å². The standard InChI is InChI=1S/C18H15F3N2O6/c1-10-8-13(14(23(26)27)9-12(10)18(19,20)21)22-7-5-4-6-11(16(24)28-2)15(22)17(25)29-3/h4-9H,1-3H3. The first-order chi connectivity index (χ1) is 13.5. The monoisotopic (exact) mass is 412 g/mol. The summed E-state index contributed by atoms with van der Waals surface area (Å²) in [5.41, 5.74) is -3.53. The molecule has 1 aliphatic heterocycles. The molecule has 1 aromatic rings. The van der Waals surface area contributed by atoms with Gasteiger partial charge in [0.15, 0.2) is 0 Å². The third kappa shape index (κ3) is 4.28. The molecule has 1 aromatic carbocycles. The third-order valence-corrected chi connectivity index (χ3v) is 3.97. The predicted molar refractivity (Wildman–Crippen MR) is 94.7 cm³/mol. The number of allylic oxidation sites excluding steroid dienone is 2. The van der Waals surface area contributed by atoms with Crippen LogP contribution in [0.1, 0.15) is 11.1 Å². The highest BCUT2D eigenvalue weighted by atomic mass is 19.4. The number of nitrogens with zero attached hydrogens (tertiary/aromatic N) is 2. The van der Waals surface area contributed by atoms with Crippen molar-refractivity contribution in [3.05, 3.63) is 69.1 Å². The maximum absolute atomic E-state index is 13.2. The molecule has 0 saturated heterocycles. The Bertz CT molecular complexity index is 963. The zero-order valence-corrected chi connectivity index (χ0v) is 15.4. The summed E-state index contributed by atoms with van der Waals surface area (Å²) in [4.78, 5) is 35.9. The molecule has 154 valence electrons. The molecule has 1 heterocycles. The summed E-state index contributed by atoms with van der Waals surface area (Å²) < 4.78 is 48.9. The number of nitro benzene ring substituents is 1. The fraction of sp³-hybridized carbons (Fsp3) is 0.222. The lowest BCUT2D eigenvalue weighted by Crippen LogP contribution is -2.27. The van der Waals surface area contributed by atoms with Crippen LogP contribution in [0.4, 0.5) is 24.5 Å². The van der Waals surface area contributed by atoms with Crippen molar-refractivity contribution in [1.29, 1.82) is 0 Å². The van der Waals surface area contributed by atoms with E-state index >= 15 is 0 Å². The van der Waals surface area contributed by atoms with E-state index in [1.165, 1.54) is 24.4 Å². The van der Waals surface area contributed by atoms with Crippen molar-refractivity contribution >= 4 is 23.3 Å². The van der Waals surface area contributed by atoms with Gasteiger partial charge < -0.3 is 14.4 Å². The van der Waals surface area contributed by atoms with Crippen LogP contribution >= 0.6 is 0 Å². The Morgan fingerprint density at radius 1 is 1.10 bits per heavy atom. The number of rotatable bonds is 4. The summed E-state index contributed by atoms with van der Waals surface area (Å²) >= 11 is 0. The van der Waals surface area contributed by atoms with Crippen LogP contribution in [0.15, 0.2) is 47.8 Å². The lowest BCUT2D eigenvalue weighted by Gasteiger charge is -2.24. The van der Waals surface area contributed by atoms with Gasteiger partial charge in [0.05, 0.1) is 30.3 Å². The average Bonchev–Trinajstić information content (AvgIpc) is 2.88. The Morgan fingerprint density at radius 3 is 2.24 bits per heavy atom. The minimum Gasteiger partial charge on any atom is -0.465 e. The Morgan fingerprint density at radius 2 is 1.72 bits per heavy atom. The fourth-order valence-corrected chi connectivity index (χ4v) is 2.68. The number of carbonyl (C=O) groups is 2. The molecule has 0 fully saturated rings. The van der Waals surface area contributed by atoms with Crippen molar-refractivity contribution < 1.29 is 37.2 Å². The van der Waals surface area contributed by atoms with Crippen LogP contribution in [0.2, 0.25) is 0 Å². The number of hydrogen-bond donors (Lipinski definition) is 0. The van der Waals surface area contributed by atoms with Gasteiger partial charge in [-0.05, 0) is 30.7 Å². The van der Waals surface area contributed by atoms with Crippen LogP contribution < -0.4 is 4.90 Å². The van der Waals surface area contributed by atoms with Crippen LogP contribution in [-0.4, -0.2) is 31.1 Å². The number of halogens is 3. The SMILES string of the molecule is COC(=O)C1=C(C(=O)OC)N(c2cc(C)c(C(F)(F)F)cc2[N+](=O)[O-])C=CC=C1. The molecule has 0 radical (unpaired) electrons. The molecule has 0 saturated carbocycles. The molecule has 1 aliphatic rings. The van der Waals surface area contributed by atoms with Gasteiger partial charge in [-0.15, -0.1) is 0 Å². The zero-order valence-electron chi connectivity index (χ0n) is 15.4. The summed E-state index contributed by atoms with van der Waals surface area (Å²) in [6.07, 6.45) is 0.292. The van der Waals surface area contributed by atoms with Gasteiger partial charge in [0, 0.05) is 12.3 Å². The van der Waals surface area contributed by atoms with E-state index in [1.54, 1.807) is 0 Å². The second-order valence-corrected chi connectivity index (χ2v) is 5.73. The molecular formula is C18H15F3N2O6. The average molecular weight is 412 g/mol. The van der Waals surface area contributed by atoms with Gasteiger partial charge in [0.1, 0.15) is 11.4 Å². The highest BCUT2D eigenvalue weighted by Gasteiger charge is 2.37. The molecule has 0 amide bonds. The van der Waals surface area contributed by atoms with Crippen molar-refractivity contribution in [1.82, 2.24) is 0 Å². The van der Waals surface area contributed by atoms with Gasteiger partial charge in [-0.25, -0.2) is 9.59 Å². The number of anilines is 1. The molecule has 0 N–H and O–H groups in total. The summed E-state index contributed by atoms with van der Waals surface area (Å²) in [6.45, 7) is 1.12. The molecule has 2 rings (SSSR count). The topological polar surface area (TPSA) is 99.0 Å². The quantitative estimate of drug-likeness (QED) is 0.425. The Labute approximate surface area is 162 Å². The van der Waals surface area contributed by atoms with Crippen molar-refractivity contribution in [2.45, 2.75) is 13.1 Å². The molecule has 0 atom stereocenters. The number of alkyl halides is 3. The molecule has 0 aliphatic carbocycles. The largest absolute Gasteiger partial charge is 0.465 e. The number of carbonyl (C=O) groups excluding carboxylic acids is 2. The summed E-state index contributed by atoms with van der Waals surface area (Å²) in [5.74, 6) is -1.99. The number of benzene rings is 1. The van der Waals surface area contributed by atoms with Crippen molar-refractivity contribution in [3.8, 4) is 0 Å². The second kappa shape index (κ2) is 8.17. The molecule has 0 spiro atoms. The lowest BCUT2D eigenvalue weighted by molar-refractivity contribution is -0.384. The van der Waals surface area contributed by atoms with Crippen LogP contribution in [0.25, 0.3) is 0 Å². The van der Waals surface area contributed by atoms with E-state index in [0.29, 0.717) is 6.07 Å². The summed E-state index contributed by atoms with van der Waals surface area (Å²) in [6, 6.07) is 1.29. The van der Waals surface area contributed by atoms with Gasteiger partial charge in [-0.1, -0.05) is 6.08 Å². The van der Waals surface area contributed by atoms with Gasteiger partial charge in [-0.3, -0.25) is 10.1 Å². The molecule has 0 unspecified atom stereocenters. The van der Waals surface area contributed by atoms with E-state index in [0.717, 1.165) is 32.1 Å². The Hall–Kier alpha value is -3.63. The van der Waals surface area contributed by atoms with Crippen LogP contribution in [0, 0.1) is 17.0 Å². The maximum atomic E-state index is 13.2. The minimum absolute atomic E-state index is 0.295. The van der Waals surface area contributed by atoms with Gasteiger partial charge in [0.25, 0.3) is 5.69 Å². The molecule has 8 nitrogen and oxygen atoms in total. The van der Waals surface area contributed by atoms with Crippen LogP contribution in [-0.2, 0) is 25.2 Å². The third-order valence-electron chi connectivity index (χ3n) is 3.97. The first kappa shape index (κ1) is 21.7. The number of methoxy groups -OCH3 is 2. The lowest BCUT2D eigenvalue weighted by atomic mass is 10.0. The normalized spacial score (nSPS) is 13.9. The van der Waals surface area contributed by atoms with Gasteiger partial charge in [-0.2, -0.15) is 13.2 Å². The van der Waals surface area contributed by atoms with Crippen molar-refractivity contribution in [2.75, 3.05) is 19.1 Å². The van der Waals surface area contributed by atoms with Crippen molar-refractivity contribution in [2.24, 2.45) is 0 Å². The number of esters is 2. The van der Waals surface area contributed by atoms with E-state index in [4.69, 9.17) is 0 Å². The Balaban J connectivity index is 2.86. The first-order valence-corrected chi connectivity index (χ1v) is 7.94. The first-order valence-electron chi connectivity index (χ1n) is 7.94. The predicted octanol–water partition coefficient (Wildman–Crippen LogP) is 3.41. The van der Waals surface area contributed by atoms with E-state index in [2.05, 4.69) is 9.47 Å². The molecular weight excluding hydrogens is 397 g/mol. The summed E-state index contributed by atoms with van der Waals surface area (Å²) in [7, 11) is 2.08. The van der Waals surface area contributed by atoms with Gasteiger partial charge >= 0.3 is 18.1 Å². The molecule has 0 bridgehead atoms. The van der Waals surface area contributed by atoms with E-state index in [1.807, 2.05) is 0 Å². The highest BCUT2D eigenvalue weighted by Crippen LogP contribution is 2.41. The van der Waals surface area contributed by atoms with Crippen LogP contribution in [0.3, 0.4) is 0 Å². The minimum atomic E-state index is -4.82. The van der Waals surface area contributed by atoms with Crippen molar-refractivity contribution in [3.63, 3.8) is 0 Å². The number of nitro groups is 1. The summed E-state index contributed by atoms with van der Waals surface area (Å²) in [5, 5.41) is 11.5. The van der Waals surface area contributed by atoms with Gasteiger partial charge in [0.2, 0.25) is 0 Å². The zero-order chi connectivity index (χ0) is 21.9. The van der Waals surface area contributed by atoms with E-state index in [9.17, 15) is 32.9 Å².